The second-order valence-corrected chi connectivity index (χ2v) is 10.7. The van der Waals surface area contributed by atoms with Crippen LogP contribution in [0.1, 0.15) is 51.2 Å². The minimum atomic E-state index is -3.52. The number of amides is 2. The van der Waals surface area contributed by atoms with Crippen molar-refractivity contribution in [1.82, 2.24) is 10.2 Å². The zero-order valence-electron chi connectivity index (χ0n) is 21.0. The predicted molar refractivity (Wildman–Crippen MR) is 142 cm³/mol. The molecular formula is C26H36ClN3O4S. The molecule has 1 atom stereocenters. The maximum absolute atomic E-state index is 13.4. The highest BCUT2D eigenvalue weighted by molar-refractivity contribution is 7.92. The van der Waals surface area contributed by atoms with E-state index in [1.807, 2.05) is 51.1 Å². The van der Waals surface area contributed by atoms with E-state index in [0.29, 0.717) is 30.1 Å². The zero-order valence-corrected chi connectivity index (χ0v) is 22.5. The number of nitrogens with zero attached hydrogens (tertiary/aromatic N) is 2. The Morgan fingerprint density at radius 3 is 2.23 bits per heavy atom. The van der Waals surface area contributed by atoms with Gasteiger partial charge in [0.25, 0.3) is 0 Å². The maximum Gasteiger partial charge on any atom is 0.242 e. The molecule has 0 saturated carbocycles. The number of sulfonamides is 1. The van der Waals surface area contributed by atoms with Gasteiger partial charge in [-0.05, 0) is 55.5 Å². The number of nitrogens with one attached hydrogen (secondary N) is 1. The van der Waals surface area contributed by atoms with Gasteiger partial charge in [0.15, 0.2) is 0 Å². The van der Waals surface area contributed by atoms with E-state index in [-0.39, 0.29) is 31.3 Å². The van der Waals surface area contributed by atoms with Gasteiger partial charge in [0.2, 0.25) is 21.8 Å². The van der Waals surface area contributed by atoms with Gasteiger partial charge in [0, 0.05) is 31.1 Å². The first-order valence-electron chi connectivity index (χ1n) is 12.0. The number of benzene rings is 2. The SMILES string of the molecule is CCNC(=O)[C@@H](CC)N(Cc1ccccc1Cl)C(=O)CCCN(c1ccc(CC)cc1)S(C)(=O)=O. The van der Waals surface area contributed by atoms with Gasteiger partial charge in [0.05, 0.1) is 11.9 Å². The molecule has 0 bridgehead atoms. The monoisotopic (exact) mass is 521 g/mol. The van der Waals surface area contributed by atoms with Crippen molar-refractivity contribution in [2.24, 2.45) is 0 Å². The number of rotatable bonds is 13. The Bertz CT molecular complexity index is 1090. The Labute approximate surface area is 214 Å². The largest absolute Gasteiger partial charge is 0.355 e. The minimum Gasteiger partial charge on any atom is -0.355 e. The van der Waals surface area contributed by atoms with Crippen LogP contribution in [0.5, 0.6) is 0 Å². The molecule has 0 heterocycles. The summed E-state index contributed by atoms with van der Waals surface area (Å²) in [6, 6.07) is 14.0. The fraction of sp³-hybridized carbons (Fsp3) is 0.462. The van der Waals surface area contributed by atoms with Crippen molar-refractivity contribution in [1.29, 1.82) is 0 Å². The predicted octanol–water partition coefficient (Wildman–Crippen LogP) is 4.39. The van der Waals surface area contributed by atoms with E-state index in [1.54, 1.807) is 23.1 Å². The number of halogens is 1. The molecule has 0 unspecified atom stereocenters. The van der Waals surface area contributed by atoms with Crippen LogP contribution in [0.3, 0.4) is 0 Å². The minimum absolute atomic E-state index is 0.0966. The van der Waals surface area contributed by atoms with Crippen LogP contribution in [0.15, 0.2) is 48.5 Å². The molecule has 192 valence electrons. The van der Waals surface area contributed by atoms with Crippen molar-refractivity contribution in [3.05, 3.63) is 64.7 Å². The van der Waals surface area contributed by atoms with Gasteiger partial charge in [-0.3, -0.25) is 13.9 Å². The number of aryl methyl sites for hydroxylation is 1. The lowest BCUT2D eigenvalue weighted by atomic mass is 10.1. The maximum atomic E-state index is 13.4. The molecule has 0 aliphatic carbocycles. The molecule has 0 aromatic heterocycles. The molecular weight excluding hydrogens is 486 g/mol. The highest BCUT2D eigenvalue weighted by Crippen LogP contribution is 2.22. The van der Waals surface area contributed by atoms with Gasteiger partial charge in [-0.1, -0.05) is 55.8 Å². The molecule has 0 saturated heterocycles. The van der Waals surface area contributed by atoms with Crippen LogP contribution in [-0.2, 0) is 32.6 Å². The third-order valence-electron chi connectivity index (χ3n) is 5.82. The van der Waals surface area contributed by atoms with Crippen LogP contribution < -0.4 is 9.62 Å². The van der Waals surface area contributed by atoms with E-state index in [2.05, 4.69) is 5.32 Å². The lowest BCUT2D eigenvalue weighted by molar-refractivity contribution is -0.141. The van der Waals surface area contributed by atoms with E-state index in [9.17, 15) is 18.0 Å². The summed E-state index contributed by atoms with van der Waals surface area (Å²) >= 11 is 6.34. The molecule has 35 heavy (non-hydrogen) atoms. The second kappa shape index (κ2) is 13.5. The van der Waals surface area contributed by atoms with Crippen molar-refractivity contribution < 1.29 is 18.0 Å². The number of carbonyl (C=O) groups is 2. The van der Waals surface area contributed by atoms with Crippen LogP contribution in [-0.4, -0.2) is 50.5 Å². The Morgan fingerprint density at radius 2 is 1.69 bits per heavy atom. The topological polar surface area (TPSA) is 86.8 Å². The summed E-state index contributed by atoms with van der Waals surface area (Å²) in [5.41, 5.74) is 2.43. The summed E-state index contributed by atoms with van der Waals surface area (Å²) in [5.74, 6) is -0.443. The summed E-state index contributed by atoms with van der Waals surface area (Å²) in [4.78, 5) is 27.6. The normalized spacial score (nSPS) is 12.1. The average molecular weight is 522 g/mol. The highest BCUT2D eigenvalue weighted by atomic mass is 35.5. The quantitative estimate of drug-likeness (QED) is 0.423. The number of carbonyl (C=O) groups excluding carboxylic acids is 2. The van der Waals surface area contributed by atoms with Crippen molar-refractivity contribution in [2.45, 2.75) is 59.0 Å². The summed E-state index contributed by atoms with van der Waals surface area (Å²) in [7, 11) is -3.52. The van der Waals surface area contributed by atoms with Crippen LogP contribution in [0.25, 0.3) is 0 Å². The molecule has 2 aromatic rings. The summed E-state index contributed by atoms with van der Waals surface area (Å²) < 4.78 is 26.2. The number of likely N-dealkylation sites (N-methyl/N-ethyl adjacent to an activating group) is 1. The Hall–Kier alpha value is -2.58. The Kier molecular flexibility index (Phi) is 11.0. The van der Waals surface area contributed by atoms with Gasteiger partial charge < -0.3 is 10.2 Å². The third kappa shape index (κ3) is 8.25. The highest BCUT2D eigenvalue weighted by Gasteiger charge is 2.29. The molecule has 7 nitrogen and oxygen atoms in total. The second-order valence-electron chi connectivity index (χ2n) is 8.39. The molecule has 0 radical (unpaired) electrons. The first-order chi connectivity index (χ1) is 16.6. The molecule has 2 aromatic carbocycles. The first-order valence-corrected chi connectivity index (χ1v) is 14.2. The van der Waals surface area contributed by atoms with E-state index >= 15 is 0 Å². The van der Waals surface area contributed by atoms with Gasteiger partial charge in [-0.2, -0.15) is 0 Å². The molecule has 1 N–H and O–H groups in total. The average Bonchev–Trinajstić information content (AvgIpc) is 2.82. The third-order valence-corrected chi connectivity index (χ3v) is 7.38. The van der Waals surface area contributed by atoms with Crippen LogP contribution in [0.4, 0.5) is 5.69 Å². The Morgan fingerprint density at radius 1 is 1.03 bits per heavy atom. The van der Waals surface area contributed by atoms with Crippen LogP contribution >= 0.6 is 11.6 Å². The first kappa shape index (κ1) is 28.7. The molecule has 2 rings (SSSR count). The lowest BCUT2D eigenvalue weighted by Crippen LogP contribution is -2.49. The van der Waals surface area contributed by atoms with Gasteiger partial charge in [-0.25, -0.2) is 8.42 Å². The molecule has 9 heteroatoms. The van der Waals surface area contributed by atoms with E-state index in [1.165, 1.54) is 4.31 Å². The fourth-order valence-electron chi connectivity index (χ4n) is 3.92. The molecule has 0 spiro atoms. The van der Waals surface area contributed by atoms with E-state index in [4.69, 9.17) is 11.6 Å². The lowest BCUT2D eigenvalue weighted by Gasteiger charge is -2.31. The number of anilines is 1. The van der Waals surface area contributed by atoms with Gasteiger partial charge in [0.1, 0.15) is 6.04 Å². The van der Waals surface area contributed by atoms with Crippen molar-refractivity contribution in [2.75, 3.05) is 23.7 Å². The van der Waals surface area contributed by atoms with Gasteiger partial charge in [-0.15, -0.1) is 0 Å². The van der Waals surface area contributed by atoms with Crippen molar-refractivity contribution >= 4 is 39.1 Å². The summed E-state index contributed by atoms with van der Waals surface area (Å²) in [5, 5.41) is 3.33. The summed E-state index contributed by atoms with van der Waals surface area (Å²) in [6.45, 7) is 6.55. The molecule has 0 aliphatic rings. The smallest absolute Gasteiger partial charge is 0.242 e. The molecule has 0 aliphatic heterocycles. The van der Waals surface area contributed by atoms with Crippen LogP contribution in [0.2, 0.25) is 5.02 Å². The fourth-order valence-corrected chi connectivity index (χ4v) is 5.08. The van der Waals surface area contributed by atoms with Crippen molar-refractivity contribution in [3.63, 3.8) is 0 Å². The number of hydrogen-bond donors (Lipinski definition) is 1. The Balaban J connectivity index is 2.20. The van der Waals surface area contributed by atoms with E-state index in [0.717, 1.165) is 23.8 Å². The zero-order chi connectivity index (χ0) is 26.0. The van der Waals surface area contributed by atoms with Gasteiger partial charge >= 0.3 is 0 Å². The molecule has 0 fully saturated rings. The number of hydrogen-bond acceptors (Lipinski definition) is 4. The summed E-state index contributed by atoms with van der Waals surface area (Å²) in [6.07, 6.45) is 2.88. The van der Waals surface area contributed by atoms with Crippen molar-refractivity contribution in [3.8, 4) is 0 Å². The molecule has 2 amide bonds. The van der Waals surface area contributed by atoms with E-state index < -0.39 is 16.1 Å². The van der Waals surface area contributed by atoms with Crippen LogP contribution in [0, 0.1) is 0 Å². The standard InChI is InChI=1S/C26H36ClN3O4S/c1-5-20-14-16-22(17-15-20)30(35(4,33)34)18-10-13-25(31)29(24(6-2)26(32)28-7-3)19-21-11-8-9-12-23(21)27/h8-9,11-12,14-17,24H,5-7,10,13,18-19H2,1-4H3,(H,28,32)/t24-/m1/s1.